The molecule has 0 amide bonds. The lowest BCUT2D eigenvalue weighted by Gasteiger charge is -2.39. The molecule has 0 aromatic rings. The molecule has 0 bridgehead atoms. The second-order valence-electron chi connectivity index (χ2n) is 4.84. The van der Waals surface area contributed by atoms with Crippen LogP contribution in [0.4, 0.5) is 0 Å². The maximum atomic E-state index is 11.2. The molecule has 0 atom stereocenters. The number of carboxylic acids is 2. The van der Waals surface area contributed by atoms with Crippen molar-refractivity contribution in [1.29, 1.82) is 0 Å². The van der Waals surface area contributed by atoms with Crippen LogP contribution in [0.25, 0.3) is 0 Å². The van der Waals surface area contributed by atoms with E-state index in [4.69, 9.17) is 10.2 Å². The molecule has 0 aliphatic carbocycles. The van der Waals surface area contributed by atoms with Crippen molar-refractivity contribution < 1.29 is 19.8 Å². The van der Waals surface area contributed by atoms with Crippen LogP contribution in [0.5, 0.6) is 0 Å². The maximum absolute atomic E-state index is 11.2. The minimum atomic E-state index is -1.34. The van der Waals surface area contributed by atoms with E-state index in [1.54, 1.807) is 0 Å². The van der Waals surface area contributed by atoms with E-state index in [1.807, 2.05) is 34.6 Å². The quantitative estimate of drug-likeness (QED) is 0.416. The third-order valence-electron chi connectivity index (χ3n) is 4.05. The molecule has 0 heterocycles. The lowest BCUT2D eigenvalue weighted by atomic mass is 9.65. The highest BCUT2D eigenvalue weighted by Crippen LogP contribution is 2.45. The molecule has 0 aromatic heterocycles. The number of carboxylic acid groups (broad SMARTS) is 2. The van der Waals surface area contributed by atoms with Crippen molar-refractivity contribution in [2.45, 2.75) is 53.9 Å². The third kappa shape index (κ3) is 2.92. The Labute approximate surface area is 109 Å². The molecule has 0 saturated carbocycles. The minimum absolute atomic E-state index is 0.205. The second-order valence-corrected chi connectivity index (χ2v) is 4.84. The summed E-state index contributed by atoms with van der Waals surface area (Å²) in [4.78, 5) is 22.4. The van der Waals surface area contributed by atoms with Crippen LogP contribution in [0, 0.1) is 11.3 Å². The summed E-state index contributed by atoms with van der Waals surface area (Å²) in [6.07, 6.45) is 1.94. The zero-order valence-corrected chi connectivity index (χ0v) is 11.9. The molecule has 0 unspecified atom stereocenters. The molecule has 0 aliphatic rings. The molecule has 0 radical (unpaired) electrons. The van der Waals surface area contributed by atoms with Crippen LogP contribution in [-0.2, 0) is 9.59 Å². The SMILES string of the molecule is CCC(=C(C(=O)O)C(=O)O)C(CC)(CC)C(C)C. The molecule has 104 valence electrons. The van der Waals surface area contributed by atoms with E-state index in [9.17, 15) is 9.59 Å². The zero-order chi connectivity index (χ0) is 14.5. The highest BCUT2D eigenvalue weighted by atomic mass is 16.4. The van der Waals surface area contributed by atoms with E-state index < -0.39 is 17.5 Å². The number of allylic oxidation sites excluding steroid dienone is 1. The lowest BCUT2D eigenvalue weighted by molar-refractivity contribution is -0.140. The molecule has 18 heavy (non-hydrogen) atoms. The summed E-state index contributed by atoms with van der Waals surface area (Å²) >= 11 is 0. The van der Waals surface area contributed by atoms with Gasteiger partial charge in [0.15, 0.2) is 0 Å². The van der Waals surface area contributed by atoms with E-state index in [1.165, 1.54) is 0 Å². The third-order valence-corrected chi connectivity index (χ3v) is 4.05. The largest absolute Gasteiger partial charge is 0.477 e. The topological polar surface area (TPSA) is 74.6 Å². The number of rotatable bonds is 7. The van der Waals surface area contributed by atoms with Gasteiger partial charge in [0.05, 0.1) is 0 Å². The van der Waals surface area contributed by atoms with Crippen LogP contribution in [0.1, 0.15) is 53.9 Å². The molecular weight excluding hydrogens is 232 g/mol. The molecule has 4 heteroatoms. The first-order valence-corrected chi connectivity index (χ1v) is 6.48. The highest BCUT2D eigenvalue weighted by molar-refractivity contribution is 6.13. The molecular formula is C14H24O4. The van der Waals surface area contributed by atoms with Crippen LogP contribution in [-0.4, -0.2) is 22.2 Å². The fourth-order valence-electron chi connectivity index (χ4n) is 2.97. The summed E-state index contributed by atoms with van der Waals surface area (Å²) in [6, 6.07) is 0. The minimum Gasteiger partial charge on any atom is -0.477 e. The van der Waals surface area contributed by atoms with Crippen molar-refractivity contribution in [1.82, 2.24) is 0 Å². The van der Waals surface area contributed by atoms with Crippen molar-refractivity contribution in [2.24, 2.45) is 11.3 Å². The Morgan fingerprint density at radius 2 is 1.39 bits per heavy atom. The van der Waals surface area contributed by atoms with Crippen LogP contribution >= 0.6 is 0 Å². The molecule has 0 aliphatic heterocycles. The van der Waals surface area contributed by atoms with Crippen molar-refractivity contribution in [3.8, 4) is 0 Å². The summed E-state index contributed by atoms with van der Waals surface area (Å²) in [5.41, 5.74) is -0.238. The van der Waals surface area contributed by atoms with Gasteiger partial charge in [-0.05, 0) is 36.2 Å². The Morgan fingerprint density at radius 3 is 1.56 bits per heavy atom. The Hall–Kier alpha value is -1.32. The summed E-state index contributed by atoms with van der Waals surface area (Å²) < 4.78 is 0. The fourth-order valence-corrected chi connectivity index (χ4v) is 2.97. The summed E-state index contributed by atoms with van der Waals surface area (Å²) in [6.45, 7) is 9.83. The predicted octanol–water partition coefficient (Wildman–Crippen LogP) is 3.32. The summed E-state index contributed by atoms with van der Waals surface area (Å²) in [5, 5.41) is 18.3. The predicted molar refractivity (Wildman–Crippen MR) is 70.4 cm³/mol. The van der Waals surface area contributed by atoms with Gasteiger partial charge >= 0.3 is 11.9 Å². The summed E-state index contributed by atoms with van der Waals surface area (Å²) in [5.74, 6) is -2.48. The zero-order valence-electron chi connectivity index (χ0n) is 11.9. The Balaban J connectivity index is 6.13. The van der Waals surface area contributed by atoms with E-state index in [-0.39, 0.29) is 11.3 Å². The molecule has 0 aromatic carbocycles. The normalized spacial score (nSPS) is 11.4. The number of aliphatic carboxylic acids is 2. The van der Waals surface area contributed by atoms with Crippen molar-refractivity contribution in [3.63, 3.8) is 0 Å². The number of hydrogen-bond donors (Lipinski definition) is 2. The molecule has 2 N–H and O–H groups in total. The first kappa shape index (κ1) is 16.7. The Bertz CT molecular complexity index is 333. The van der Waals surface area contributed by atoms with Gasteiger partial charge in [-0.2, -0.15) is 0 Å². The maximum Gasteiger partial charge on any atom is 0.343 e. The van der Waals surface area contributed by atoms with E-state index in [0.29, 0.717) is 12.0 Å². The molecule has 0 spiro atoms. The smallest absolute Gasteiger partial charge is 0.343 e. The van der Waals surface area contributed by atoms with E-state index >= 15 is 0 Å². The number of carbonyl (C=O) groups is 2. The van der Waals surface area contributed by atoms with Crippen LogP contribution in [0.2, 0.25) is 0 Å². The first-order valence-electron chi connectivity index (χ1n) is 6.48. The van der Waals surface area contributed by atoms with Crippen molar-refractivity contribution in [3.05, 3.63) is 11.1 Å². The van der Waals surface area contributed by atoms with E-state index in [2.05, 4.69) is 0 Å². The second kappa shape index (κ2) is 6.57. The van der Waals surface area contributed by atoms with Gasteiger partial charge < -0.3 is 10.2 Å². The van der Waals surface area contributed by atoms with Gasteiger partial charge in [0.1, 0.15) is 5.57 Å². The molecule has 4 nitrogen and oxygen atoms in total. The Morgan fingerprint density at radius 1 is 1.00 bits per heavy atom. The van der Waals surface area contributed by atoms with Gasteiger partial charge in [-0.1, -0.05) is 34.6 Å². The fraction of sp³-hybridized carbons (Fsp3) is 0.714. The van der Waals surface area contributed by atoms with Crippen LogP contribution in [0.3, 0.4) is 0 Å². The van der Waals surface area contributed by atoms with Gasteiger partial charge in [0, 0.05) is 0 Å². The Kier molecular flexibility index (Phi) is 6.09. The van der Waals surface area contributed by atoms with Gasteiger partial charge in [-0.25, -0.2) is 9.59 Å². The number of hydrogen-bond acceptors (Lipinski definition) is 2. The first-order chi connectivity index (χ1) is 8.28. The van der Waals surface area contributed by atoms with Crippen LogP contribution in [0.15, 0.2) is 11.1 Å². The average Bonchev–Trinajstić information content (AvgIpc) is 2.28. The molecule has 0 fully saturated rings. The van der Waals surface area contributed by atoms with Gasteiger partial charge in [-0.15, -0.1) is 0 Å². The summed E-state index contributed by atoms with van der Waals surface area (Å²) in [7, 11) is 0. The highest BCUT2D eigenvalue weighted by Gasteiger charge is 2.38. The monoisotopic (exact) mass is 256 g/mol. The van der Waals surface area contributed by atoms with Gasteiger partial charge in [0.25, 0.3) is 0 Å². The molecule has 0 rings (SSSR count). The van der Waals surface area contributed by atoms with Crippen molar-refractivity contribution in [2.75, 3.05) is 0 Å². The van der Waals surface area contributed by atoms with Gasteiger partial charge in [0.2, 0.25) is 0 Å². The van der Waals surface area contributed by atoms with E-state index in [0.717, 1.165) is 12.8 Å². The van der Waals surface area contributed by atoms with Crippen molar-refractivity contribution >= 4 is 11.9 Å². The van der Waals surface area contributed by atoms with Gasteiger partial charge in [-0.3, -0.25) is 0 Å². The lowest BCUT2D eigenvalue weighted by Crippen LogP contribution is -2.32. The standard InChI is InChI=1S/C14H24O4/c1-6-10(11(12(15)16)13(17)18)14(7-2,8-3)9(4)5/h9H,6-8H2,1-5H3,(H,15,16)(H,17,18). The average molecular weight is 256 g/mol. The van der Waals surface area contributed by atoms with Crippen LogP contribution < -0.4 is 0 Å². The molecule has 0 saturated heterocycles.